The number of benzene rings is 1. The van der Waals surface area contributed by atoms with Gasteiger partial charge in [0, 0.05) is 11.6 Å². The summed E-state index contributed by atoms with van der Waals surface area (Å²) in [7, 11) is 0. The number of nitrogens with zero attached hydrogens (tertiary/aromatic N) is 3. The summed E-state index contributed by atoms with van der Waals surface area (Å²) in [5.74, 6) is 0. The van der Waals surface area contributed by atoms with E-state index in [-0.39, 0.29) is 10.7 Å². The molecular weight excluding hydrogens is 264 g/mol. The van der Waals surface area contributed by atoms with Gasteiger partial charge in [0.2, 0.25) is 0 Å². The van der Waals surface area contributed by atoms with E-state index in [2.05, 4.69) is 10.2 Å². The molecule has 8 heteroatoms. The topological polar surface area (TPSA) is 93.9 Å². The minimum absolute atomic E-state index is 0.0827. The molecule has 0 bridgehead atoms. The molecule has 0 spiro atoms. The Bertz CT molecular complexity index is 490. The van der Waals surface area contributed by atoms with Crippen molar-refractivity contribution in [3.63, 3.8) is 0 Å². The average Bonchev–Trinajstić information content (AvgIpc) is 2.30. The van der Waals surface area contributed by atoms with Gasteiger partial charge in [0.25, 0.3) is 5.69 Å². The molecule has 0 aromatic heterocycles. The van der Waals surface area contributed by atoms with Crippen LogP contribution in [0.1, 0.15) is 5.56 Å². The third-order valence-electron chi connectivity index (χ3n) is 1.74. The number of nitro groups is 1. The van der Waals surface area contributed by atoms with Crippen molar-refractivity contribution in [2.45, 2.75) is 0 Å². The Balaban J connectivity index is 2.94. The van der Waals surface area contributed by atoms with E-state index in [1.54, 1.807) is 12.3 Å². The highest BCUT2D eigenvalue weighted by Gasteiger charge is 2.11. The van der Waals surface area contributed by atoms with Crippen molar-refractivity contribution in [1.29, 1.82) is 0 Å². The zero-order valence-electron chi connectivity index (χ0n) is 8.83. The zero-order valence-corrected chi connectivity index (χ0v) is 10.4. The Morgan fingerprint density at radius 3 is 2.94 bits per heavy atom. The first-order valence-corrected chi connectivity index (χ1v) is 5.99. The maximum atomic E-state index is 10.6. The molecule has 0 fully saturated rings. The Morgan fingerprint density at radius 2 is 2.35 bits per heavy atom. The molecule has 0 saturated heterocycles. The lowest BCUT2D eigenvalue weighted by atomic mass is 10.2. The van der Waals surface area contributed by atoms with Crippen LogP contribution in [-0.4, -0.2) is 22.6 Å². The summed E-state index contributed by atoms with van der Waals surface area (Å²) in [5, 5.41) is 18.4. The van der Waals surface area contributed by atoms with Gasteiger partial charge in [-0.15, -0.1) is 5.10 Å². The van der Waals surface area contributed by atoms with Gasteiger partial charge in [0.1, 0.15) is 5.02 Å². The zero-order chi connectivity index (χ0) is 12.8. The van der Waals surface area contributed by atoms with Gasteiger partial charge in [-0.25, -0.2) is 0 Å². The van der Waals surface area contributed by atoms with E-state index in [1.165, 1.54) is 30.1 Å². The van der Waals surface area contributed by atoms with Crippen LogP contribution in [0.25, 0.3) is 0 Å². The van der Waals surface area contributed by atoms with Crippen LogP contribution < -0.4 is 5.73 Å². The van der Waals surface area contributed by atoms with E-state index < -0.39 is 4.92 Å². The fraction of sp³-hybridized carbons (Fsp3) is 0.111. The number of nitrogens with two attached hydrogens (primary N) is 1. The lowest BCUT2D eigenvalue weighted by Crippen LogP contribution is -2.03. The smallest absolute Gasteiger partial charge is 0.288 e. The molecule has 1 rings (SSSR count). The monoisotopic (exact) mass is 272 g/mol. The van der Waals surface area contributed by atoms with E-state index in [0.29, 0.717) is 10.7 Å². The van der Waals surface area contributed by atoms with Crippen molar-refractivity contribution in [3.8, 4) is 0 Å². The Morgan fingerprint density at radius 1 is 1.65 bits per heavy atom. The van der Waals surface area contributed by atoms with Crippen LogP contribution >= 0.6 is 23.4 Å². The molecule has 1 aromatic carbocycles. The van der Waals surface area contributed by atoms with Gasteiger partial charge in [-0.05, 0) is 12.3 Å². The highest BCUT2D eigenvalue weighted by Crippen LogP contribution is 2.24. The molecule has 0 amide bonds. The third-order valence-corrected chi connectivity index (χ3v) is 2.56. The molecule has 2 N–H and O–H groups in total. The average molecular weight is 273 g/mol. The number of halogens is 1. The molecule has 0 atom stereocenters. The van der Waals surface area contributed by atoms with Gasteiger partial charge < -0.3 is 5.73 Å². The number of nitro benzene ring substituents is 1. The lowest BCUT2D eigenvalue weighted by Gasteiger charge is -1.96. The normalized spacial score (nSPS) is 12.0. The molecule has 0 radical (unpaired) electrons. The highest BCUT2D eigenvalue weighted by atomic mass is 35.5. The van der Waals surface area contributed by atoms with Crippen LogP contribution in [0.3, 0.4) is 0 Å². The summed E-state index contributed by atoms with van der Waals surface area (Å²) in [6.45, 7) is 0. The summed E-state index contributed by atoms with van der Waals surface area (Å²) >= 11 is 6.92. The molecular formula is C9H9ClN4O2S. The van der Waals surface area contributed by atoms with E-state index in [9.17, 15) is 10.1 Å². The van der Waals surface area contributed by atoms with E-state index >= 15 is 0 Å². The molecule has 6 nitrogen and oxygen atoms in total. The van der Waals surface area contributed by atoms with Crippen LogP contribution in [0.2, 0.25) is 5.02 Å². The second kappa shape index (κ2) is 6.21. The predicted molar refractivity (Wildman–Crippen MR) is 70.8 cm³/mol. The van der Waals surface area contributed by atoms with E-state index in [1.807, 2.05) is 0 Å². The summed E-state index contributed by atoms with van der Waals surface area (Å²) in [5.41, 5.74) is 5.77. The van der Waals surface area contributed by atoms with Crippen molar-refractivity contribution < 1.29 is 4.92 Å². The molecule has 0 unspecified atom stereocenters. The number of rotatable bonds is 3. The minimum Gasteiger partial charge on any atom is -0.377 e. The van der Waals surface area contributed by atoms with Crippen molar-refractivity contribution in [1.82, 2.24) is 0 Å². The van der Waals surface area contributed by atoms with Gasteiger partial charge in [-0.3, -0.25) is 10.1 Å². The fourth-order valence-electron chi connectivity index (χ4n) is 0.943. The highest BCUT2D eigenvalue weighted by molar-refractivity contribution is 8.13. The second-order valence-electron chi connectivity index (χ2n) is 2.85. The molecule has 90 valence electrons. The first-order valence-electron chi connectivity index (χ1n) is 4.39. The SMILES string of the molecule is CS/C(N)=N/N=C\c1ccc(Cl)c([N+](=O)[O-])c1. The van der Waals surface area contributed by atoms with Crippen LogP contribution in [0.4, 0.5) is 5.69 Å². The van der Waals surface area contributed by atoms with Crippen molar-refractivity contribution >= 4 is 40.4 Å². The number of amidine groups is 1. The Hall–Kier alpha value is -1.60. The van der Waals surface area contributed by atoms with Crippen LogP contribution in [0.5, 0.6) is 0 Å². The van der Waals surface area contributed by atoms with E-state index in [4.69, 9.17) is 17.3 Å². The summed E-state index contributed by atoms with van der Waals surface area (Å²) in [6, 6.07) is 4.35. The van der Waals surface area contributed by atoms with Crippen molar-refractivity contribution in [2.24, 2.45) is 15.9 Å². The number of thioether (sulfide) groups is 1. The first-order chi connectivity index (χ1) is 8.04. The maximum absolute atomic E-state index is 10.6. The van der Waals surface area contributed by atoms with Gasteiger partial charge >= 0.3 is 0 Å². The van der Waals surface area contributed by atoms with Crippen molar-refractivity contribution in [3.05, 3.63) is 38.9 Å². The van der Waals surface area contributed by atoms with Crippen molar-refractivity contribution in [2.75, 3.05) is 6.26 Å². The Kier molecular flexibility index (Phi) is 4.92. The second-order valence-corrected chi connectivity index (χ2v) is 4.09. The fourth-order valence-corrected chi connectivity index (χ4v) is 1.26. The minimum atomic E-state index is -0.556. The van der Waals surface area contributed by atoms with Crippen LogP contribution in [0.15, 0.2) is 28.4 Å². The molecule has 0 aliphatic heterocycles. The van der Waals surface area contributed by atoms with Gasteiger partial charge in [-0.2, -0.15) is 5.10 Å². The third kappa shape index (κ3) is 4.04. The molecule has 0 aliphatic rings. The van der Waals surface area contributed by atoms with Crippen LogP contribution in [-0.2, 0) is 0 Å². The molecule has 1 aromatic rings. The van der Waals surface area contributed by atoms with E-state index in [0.717, 1.165) is 0 Å². The van der Waals surface area contributed by atoms with Gasteiger partial charge in [-0.1, -0.05) is 29.4 Å². The molecule has 17 heavy (non-hydrogen) atoms. The lowest BCUT2D eigenvalue weighted by molar-refractivity contribution is -0.384. The quantitative estimate of drug-likeness (QED) is 0.395. The molecule has 0 heterocycles. The molecule has 0 saturated carbocycles. The predicted octanol–water partition coefficient (Wildman–Crippen LogP) is 2.26. The summed E-state index contributed by atoms with van der Waals surface area (Å²) in [6.07, 6.45) is 3.13. The largest absolute Gasteiger partial charge is 0.377 e. The summed E-state index contributed by atoms with van der Waals surface area (Å²) in [4.78, 5) is 10.1. The molecule has 0 aliphatic carbocycles. The standard InChI is InChI=1S/C9H9ClN4O2S/c1-17-9(11)13-12-5-6-2-3-7(10)8(4-6)14(15)16/h2-5H,1H3,(H2,11,13)/b12-5-. The van der Waals surface area contributed by atoms with Crippen LogP contribution in [0, 0.1) is 10.1 Å². The first kappa shape index (κ1) is 13.5. The number of hydrogen-bond donors (Lipinski definition) is 1. The number of hydrogen-bond acceptors (Lipinski definition) is 5. The van der Waals surface area contributed by atoms with Gasteiger partial charge in [0.05, 0.1) is 11.1 Å². The maximum Gasteiger partial charge on any atom is 0.288 e. The summed E-state index contributed by atoms with van der Waals surface area (Å²) < 4.78 is 0. The Labute approximate surface area is 107 Å². The van der Waals surface area contributed by atoms with Gasteiger partial charge in [0.15, 0.2) is 5.17 Å².